The topological polar surface area (TPSA) is 56.2 Å². The van der Waals surface area contributed by atoms with Crippen molar-refractivity contribution in [2.45, 2.75) is 25.9 Å². The lowest BCUT2D eigenvalue weighted by atomic mass is 10.1. The summed E-state index contributed by atoms with van der Waals surface area (Å²) in [7, 11) is 1.65. The Morgan fingerprint density at radius 3 is 2.90 bits per heavy atom. The molecule has 1 N–H and O–H groups in total. The van der Waals surface area contributed by atoms with Crippen molar-refractivity contribution >= 4 is 0 Å². The molecule has 3 rings (SSSR count). The Hall–Kier alpha value is -2.14. The zero-order chi connectivity index (χ0) is 14.7. The number of aromatic nitrogens is 2. The van der Waals surface area contributed by atoms with Gasteiger partial charge in [0, 0.05) is 32.1 Å². The minimum absolute atomic E-state index is 0.0223. The summed E-state index contributed by atoms with van der Waals surface area (Å²) in [6, 6.07) is 9.62. The largest absolute Gasteiger partial charge is 0.497 e. The molecule has 1 aliphatic heterocycles. The summed E-state index contributed by atoms with van der Waals surface area (Å²) in [5, 5.41) is 7.76. The number of hydrogen-bond acceptors (Lipinski definition) is 4. The molecule has 1 aliphatic rings. The van der Waals surface area contributed by atoms with Crippen molar-refractivity contribution in [3.8, 4) is 5.75 Å². The lowest BCUT2D eigenvalue weighted by Crippen LogP contribution is -2.32. The summed E-state index contributed by atoms with van der Waals surface area (Å²) in [6.45, 7) is 2.28. The minimum Gasteiger partial charge on any atom is -0.497 e. The van der Waals surface area contributed by atoms with Gasteiger partial charge in [-0.15, -0.1) is 0 Å². The first-order valence-electron chi connectivity index (χ1n) is 7.20. The fraction of sp³-hybridized carbons (Fsp3) is 0.375. The van der Waals surface area contributed by atoms with Crippen LogP contribution in [0.5, 0.6) is 5.75 Å². The van der Waals surface area contributed by atoms with Crippen LogP contribution in [0, 0.1) is 0 Å². The molecule has 0 saturated carbocycles. The fourth-order valence-corrected chi connectivity index (χ4v) is 2.55. The van der Waals surface area contributed by atoms with Crippen LogP contribution in [0.25, 0.3) is 0 Å². The molecular weight excluding hydrogens is 266 g/mol. The molecular formula is C16H19N3O2. The van der Waals surface area contributed by atoms with E-state index >= 15 is 0 Å². The van der Waals surface area contributed by atoms with Gasteiger partial charge in [0.05, 0.1) is 12.8 Å². The van der Waals surface area contributed by atoms with E-state index in [0.29, 0.717) is 6.54 Å². The number of nitrogens with one attached hydrogen (secondary N) is 1. The van der Waals surface area contributed by atoms with E-state index in [2.05, 4.69) is 10.4 Å². The fourth-order valence-electron chi connectivity index (χ4n) is 2.55. The van der Waals surface area contributed by atoms with Gasteiger partial charge in [0.15, 0.2) is 0 Å². The van der Waals surface area contributed by atoms with Crippen LogP contribution in [-0.4, -0.2) is 23.4 Å². The Bertz CT molecular complexity index is 677. The zero-order valence-electron chi connectivity index (χ0n) is 12.1. The summed E-state index contributed by atoms with van der Waals surface area (Å²) in [5.74, 6) is 0.843. The van der Waals surface area contributed by atoms with Crippen molar-refractivity contribution in [2.75, 3.05) is 13.7 Å². The third-order valence-electron chi connectivity index (χ3n) is 3.79. The summed E-state index contributed by atoms with van der Waals surface area (Å²) >= 11 is 0. The van der Waals surface area contributed by atoms with Crippen molar-refractivity contribution in [1.82, 2.24) is 15.1 Å². The standard InChI is InChI=1S/C16H19N3O2/c1-21-14-4-2-12(3-5-14)7-9-19-16(20)10-13-11-17-8-6-15(13)18-19/h2-5,10,17H,6-9,11H2,1H3. The first-order valence-corrected chi connectivity index (χ1v) is 7.20. The SMILES string of the molecule is COc1ccc(CCn2nc3c(cc2=O)CNCC3)cc1. The number of aryl methyl sites for hydroxylation is 2. The molecule has 1 aromatic carbocycles. The van der Waals surface area contributed by atoms with Crippen molar-refractivity contribution in [1.29, 1.82) is 0 Å². The van der Waals surface area contributed by atoms with Gasteiger partial charge in [0.2, 0.25) is 0 Å². The van der Waals surface area contributed by atoms with Crippen LogP contribution in [0.3, 0.4) is 0 Å². The average molecular weight is 285 g/mol. The molecule has 0 bridgehead atoms. The monoisotopic (exact) mass is 285 g/mol. The van der Waals surface area contributed by atoms with Crippen LogP contribution < -0.4 is 15.6 Å². The molecule has 2 heterocycles. The number of fused-ring (bicyclic) bond motifs is 1. The van der Waals surface area contributed by atoms with Gasteiger partial charge in [-0.1, -0.05) is 12.1 Å². The predicted octanol–water partition coefficient (Wildman–Crippen LogP) is 1.14. The number of methoxy groups -OCH3 is 1. The second-order valence-corrected chi connectivity index (χ2v) is 5.20. The minimum atomic E-state index is -0.0223. The van der Waals surface area contributed by atoms with E-state index in [9.17, 15) is 4.79 Å². The molecule has 1 aromatic heterocycles. The zero-order valence-corrected chi connectivity index (χ0v) is 12.1. The van der Waals surface area contributed by atoms with Gasteiger partial charge in [-0.2, -0.15) is 5.10 Å². The molecule has 5 nitrogen and oxygen atoms in total. The van der Waals surface area contributed by atoms with Gasteiger partial charge in [-0.05, 0) is 29.7 Å². The van der Waals surface area contributed by atoms with Crippen LogP contribution in [0.4, 0.5) is 0 Å². The number of hydrogen-bond donors (Lipinski definition) is 1. The molecule has 0 amide bonds. The molecule has 21 heavy (non-hydrogen) atoms. The highest BCUT2D eigenvalue weighted by Crippen LogP contribution is 2.12. The molecule has 110 valence electrons. The molecule has 5 heteroatoms. The highest BCUT2D eigenvalue weighted by molar-refractivity contribution is 5.27. The summed E-state index contributed by atoms with van der Waals surface area (Å²) in [6.07, 6.45) is 1.67. The van der Waals surface area contributed by atoms with Gasteiger partial charge >= 0.3 is 0 Å². The Morgan fingerprint density at radius 2 is 2.14 bits per heavy atom. The van der Waals surface area contributed by atoms with Gasteiger partial charge in [0.25, 0.3) is 5.56 Å². The highest BCUT2D eigenvalue weighted by Gasteiger charge is 2.12. The molecule has 0 aliphatic carbocycles. The molecule has 0 radical (unpaired) electrons. The molecule has 0 saturated heterocycles. The maximum absolute atomic E-state index is 12.1. The third-order valence-corrected chi connectivity index (χ3v) is 3.79. The van der Waals surface area contributed by atoms with E-state index in [0.717, 1.165) is 42.9 Å². The van der Waals surface area contributed by atoms with Crippen molar-refractivity contribution in [3.63, 3.8) is 0 Å². The number of ether oxygens (including phenoxy) is 1. The van der Waals surface area contributed by atoms with Crippen molar-refractivity contribution in [3.05, 3.63) is 57.5 Å². The van der Waals surface area contributed by atoms with Crippen LogP contribution in [0.1, 0.15) is 16.8 Å². The van der Waals surface area contributed by atoms with E-state index < -0.39 is 0 Å². The number of nitrogens with zero attached hydrogens (tertiary/aromatic N) is 2. The van der Waals surface area contributed by atoms with Gasteiger partial charge in [-0.25, -0.2) is 4.68 Å². The maximum Gasteiger partial charge on any atom is 0.267 e. The van der Waals surface area contributed by atoms with Crippen LogP contribution in [0.15, 0.2) is 35.1 Å². The second-order valence-electron chi connectivity index (χ2n) is 5.20. The van der Waals surface area contributed by atoms with Crippen LogP contribution >= 0.6 is 0 Å². The van der Waals surface area contributed by atoms with Gasteiger partial charge in [0.1, 0.15) is 5.75 Å². The van der Waals surface area contributed by atoms with Crippen LogP contribution in [0.2, 0.25) is 0 Å². The molecule has 0 atom stereocenters. The Labute approximate surface area is 123 Å². The quantitative estimate of drug-likeness (QED) is 0.915. The first-order chi connectivity index (χ1) is 10.3. The second kappa shape index (κ2) is 6.10. The predicted molar refractivity (Wildman–Crippen MR) is 80.6 cm³/mol. The average Bonchev–Trinajstić information content (AvgIpc) is 2.53. The van der Waals surface area contributed by atoms with E-state index in [1.807, 2.05) is 24.3 Å². The van der Waals surface area contributed by atoms with Crippen molar-refractivity contribution < 1.29 is 4.74 Å². The smallest absolute Gasteiger partial charge is 0.267 e. The Morgan fingerprint density at radius 1 is 1.33 bits per heavy atom. The summed E-state index contributed by atoms with van der Waals surface area (Å²) < 4.78 is 6.72. The normalized spacial score (nSPS) is 13.8. The van der Waals surface area contributed by atoms with Crippen molar-refractivity contribution in [2.24, 2.45) is 0 Å². The van der Waals surface area contributed by atoms with E-state index in [1.54, 1.807) is 17.9 Å². The van der Waals surface area contributed by atoms with E-state index in [4.69, 9.17) is 4.74 Å². The summed E-state index contributed by atoms with van der Waals surface area (Å²) in [4.78, 5) is 12.1. The van der Waals surface area contributed by atoms with Gasteiger partial charge in [-0.3, -0.25) is 4.79 Å². The Kier molecular flexibility index (Phi) is 4.01. The van der Waals surface area contributed by atoms with Gasteiger partial charge < -0.3 is 10.1 Å². The highest BCUT2D eigenvalue weighted by atomic mass is 16.5. The molecule has 2 aromatic rings. The number of rotatable bonds is 4. The molecule has 0 spiro atoms. The molecule has 0 fully saturated rings. The lowest BCUT2D eigenvalue weighted by molar-refractivity contribution is 0.414. The summed E-state index contributed by atoms with van der Waals surface area (Å²) in [5.41, 5.74) is 3.23. The third kappa shape index (κ3) is 3.13. The first kappa shape index (κ1) is 13.8. The Balaban J connectivity index is 1.73. The maximum atomic E-state index is 12.1. The van der Waals surface area contributed by atoms with E-state index in [-0.39, 0.29) is 5.56 Å². The lowest BCUT2D eigenvalue weighted by Gasteiger charge is -2.17. The molecule has 0 unspecified atom stereocenters. The number of benzene rings is 1. The van der Waals surface area contributed by atoms with Crippen LogP contribution in [-0.2, 0) is 25.9 Å². The van der Waals surface area contributed by atoms with E-state index in [1.165, 1.54) is 5.56 Å².